The fraction of sp³-hybridized carbons (Fsp3) is 0.425. The molecular formula is C40H44F2N4O5. The van der Waals surface area contributed by atoms with Crippen LogP contribution in [-0.2, 0) is 16.0 Å². The van der Waals surface area contributed by atoms with E-state index >= 15 is 0 Å². The summed E-state index contributed by atoms with van der Waals surface area (Å²) in [5, 5.41) is 16.1. The number of piperidine rings is 1. The maximum absolute atomic E-state index is 13.9. The number of carboxylic acids is 1. The standard InChI is InChI=1S/C21H23F2N3O4.C19H21NO/c22-12-5-6-14(16(23)9-12)19-10-18(25-30-19)20(27)24-17-7-8-26(11-15(17)21(28)29)13-3-1-2-4-13;1-12(18-7-4-10-21-18)14-8-9-16-15-6-3-2-5-13(15)11-17(16)19(14)20/h5-6,9-10,13,15,17H,1-4,7-8,11H2,(H,24,27)(H,28,29);2-3,5-6,8-9,12,18H,4,7,10-11,20H2,1H3/t15-,17-;/m0./s1. The van der Waals surface area contributed by atoms with Crippen molar-refractivity contribution in [1.82, 2.24) is 15.4 Å². The van der Waals surface area contributed by atoms with Crippen LogP contribution in [0.2, 0.25) is 0 Å². The number of hydrogen-bond donors (Lipinski definition) is 3. The predicted octanol–water partition coefficient (Wildman–Crippen LogP) is 7.19. The number of aromatic nitrogens is 1. The van der Waals surface area contributed by atoms with E-state index in [-0.39, 0.29) is 17.0 Å². The number of aliphatic carboxylic acids is 1. The molecule has 51 heavy (non-hydrogen) atoms. The number of likely N-dealkylation sites (tertiary alicyclic amines) is 1. The molecule has 0 bridgehead atoms. The van der Waals surface area contributed by atoms with E-state index < -0.39 is 35.5 Å². The lowest BCUT2D eigenvalue weighted by Gasteiger charge is -2.39. The molecule has 4 aliphatic rings. The molecule has 2 saturated heterocycles. The zero-order valence-corrected chi connectivity index (χ0v) is 28.7. The van der Waals surface area contributed by atoms with E-state index in [4.69, 9.17) is 15.0 Å². The molecule has 268 valence electrons. The lowest BCUT2D eigenvalue weighted by Crippen LogP contribution is -2.55. The summed E-state index contributed by atoms with van der Waals surface area (Å²) in [6.07, 6.45) is 8.65. The van der Waals surface area contributed by atoms with Gasteiger partial charge in [0.1, 0.15) is 11.6 Å². The molecule has 0 radical (unpaired) electrons. The SMILES string of the molecule is CC(c1ccc2c(c1N)Cc1ccccc1-2)C1CCCO1.O=C(N[C@H]1CCN(C2CCCC2)C[C@@H]1C(=O)O)c1cc(-c2ccc(F)cc2F)on1. The Morgan fingerprint density at radius 3 is 2.51 bits per heavy atom. The first-order valence-corrected chi connectivity index (χ1v) is 18.0. The highest BCUT2D eigenvalue weighted by atomic mass is 19.1. The van der Waals surface area contributed by atoms with Crippen LogP contribution in [0.3, 0.4) is 0 Å². The molecule has 4 N–H and O–H groups in total. The normalized spacial score (nSPS) is 22.1. The predicted molar refractivity (Wildman–Crippen MR) is 189 cm³/mol. The van der Waals surface area contributed by atoms with Crippen molar-refractivity contribution in [3.05, 3.63) is 94.7 Å². The van der Waals surface area contributed by atoms with Gasteiger partial charge in [-0.05, 0) is 72.1 Å². The summed E-state index contributed by atoms with van der Waals surface area (Å²) in [5.74, 6) is -3.44. The number of carbonyl (C=O) groups is 2. The number of nitrogens with zero attached hydrogens (tertiary/aromatic N) is 2. The van der Waals surface area contributed by atoms with Crippen LogP contribution >= 0.6 is 0 Å². The van der Waals surface area contributed by atoms with E-state index in [1.807, 2.05) is 0 Å². The summed E-state index contributed by atoms with van der Waals surface area (Å²) < 4.78 is 37.9. The van der Waals surface area contributed by atoms with Gasteiger partial charge in [-0.1, -0.05) is 61.3 Å². The smallest absolute Gasteiger partial charge is 0.309 e. The number of ether oxygens (including phenoxy) is 1. The van der Waals surface area contributed by atoms with Gasteiger partial charge < -0.3 is 25.4 Å². The van der Waals surface area contributed by atoms with Gasteiger partial charge in [0.15, 0.2) is 11.5 Å². The number of nitrogens with two attached hydrogens (primary N) is 1. The average Bonchev–Trinajstić information content (AvgIpc) is 3.96. The van der Waals surface area contributed by atoms with Gasteiger partial charge in [-0.2, -0.15) is 0 Å². The molecule has 11 heteroatoms. The van der Waals surface area contributed by atoms with Gasteiger partial charge in [0.2, 0.25) is 0 Å². The van der Waals surface area contributed by atoms with Gasteiger partial charge in [-0.15, -0.1) is 0 Å². The van der Waals surface area contributed by atoms with E-state index in [0.717, 1.165) is 50.6 Å². The van der Waals surface area contributed by atoms with E-state index in [2.05, 4.69) is 58.7 Å². The third kappa shape index (κ3) is 7.27. The molecule has 1 amide bonds. The minimum absolute atomic E-state index is 0.0107. The first-order chi connectivity index (χ1) is 24.7. The first kappa shape index (κ1) is 34.8. The molecule has 1 saturated carbocycles. The molecule has 2 unspecified atom stereocenters. The van der Waals surface area contributed by atoms with E-state index in [1.165, 1.54) is 59.2 Å². The Hall–Kier alpha value is -4.61. The van der Waals surface area contributed by atoms with Crippen LogP contribution < -0.4 is 11.1 Å². The topological polar surface area (TPSA) is 131 Å². The zero-order valence-electron chi connectivity index (χ0n) is 28.7. The third-order valence-corrected chi connectivity index (χ3v) is 11.1. The third-order valence-electron chi connectivity index (χ3n) is 11.1. The van der Waals surface area contributed by atoms with E-state index in [0.29, 0.717) is 37.1 Å². The maximum Gasteiger partial charge on any atom is 0.309 e. The fourth-order valence-electron chi connectivity index (χ4n) is 8.29. The second-order valence-corrected chi connectivity index (χ2v) is 14.2. The van der Waals surface area contributed by atoms with Gasteiger partial charge in [0, 0.05) is 61.9 Å². The molecule has 1 aromatic heterocycles. The molecule has 0 spiro atoms. The lowest BCUT2D eigenvalue weighted by molar-refractivity contribution is -0.145. The van der Waals surface area contributed by atoms with E-state index in [9.17, 15) is 23.5 Å². The molecule has 4 atom stereocenters. The molecule has 3 aromatic carbocycles. The lowest BCUT2D eigenvalue weighted by atomic mass is 9.89. The summed E-state index contributed by atoms with van der Waals surface area (Å²) in [6.45, 7) is 4.27. The first-order valence-electron chi connectivity index (χ1n) is 18.0. The van der Waals surface area contributed by atoms with Crippen LogP contribution in [0.1, 0.15) is 85.0 Å². The Morgan fingerprint density at radius 2 is 1.76 bits per heavy atom. The number of fused-ring (bicyclic) bond motifs is 3. The van der Waals surface area contributed by atoms with Crippen molar-refractivity contribution >= 4 is 17.6 Å². The summed E-state index contributed by atoms with van der Waals surface area (Å²) >= 11 is 0. The second kappa shape index (κ2) is 14.9. The van der Waals surface area contributed by atoms with Crippen molar-refractivity contribution in [1.29, 1.82) is 0 Å². The summed E-state index contributed by atoms with van der Waals surface area (Å²) in [6, 6.07) is 17.2. The number of benzene rings is 3. The van der Waals surface area contributed by atoms with Crippen molar-refractivity contribution in [2.24, 2.45) is 5.92 Å². The Morgan fingerprint density at radius 1 is 0.980 bits per heavy atom. The second-order valence-electron chi connectivity index (χ2n) is 14.2. The number of nitrogen functional groups attached to an aromatic ring is 1. The number of hydrogen-bond acceptors (Lipinski definition) is 7. The van der Waals surface area contributed by atoms with Gasteiger partial charge in [-0.3, -0.25) is 14.5 Å². The van der Waals surface area contributed by atoms with Gasteiger partial charge in [0.25, 0.3) is 5.91 Å². The fourth-order valence-corrected chi connectivity index (χ4v) is 8.29. The molecule has 3 fully saturated rings. The van der Waals surface area contributed by atoms with Crippen molar-refractivity contribution in [2.75, 3.05) is 25.4 Å². The van der Waals surface area contributed by atoms with Gasteiger partial charge in [-0.25, -0.2) is 8.78 Å². The number of anilines is 1. The molecule has 2 aliphatic carbocycles. The molecule has 2 aliphatic heterocycles. The minimum atomic E-state index is -0.947. The largest absolute Gasteiger partial charge is 0.481 e. The van der Waals surface area contributed by atoms with Crippen molar-refractivity contribution in [2.45, 2.75) is 82.4 Å². The molecule has 4 aromatic rings. The highest BCUT2D eigenvalue weighted by Crippen LogP contribution is 2.43. The summed E-state index contributed by atoms with van der Waals surface area (Å²) in [7, 11) is 0. The zero-order chi connectivity index (χ0) is 35.6. The highest BCUT2D eigenvalue weighted by molar-refractivity contribution is 5.93. The summed E-state index contributed by atoms with van der Waals surface area (Å²) in [5.41, 5.74) is 14.0. The number of carbonyl (C=O) groups excluding carboxylic acids is 1. The monoisotopic (exact) mass is 698 g/mol. The minimum Gasteiger partial charge on any atom is -0.481 e. The average molecular weight is 699 g/mol. The van der Waals surface area contributed by atoms with Crippen LogP contribution in [-0.4, -0.2) is 64.9 Å². The number of amides is 1. The van der Waals surface area contributed by atoms with Gasteiger partial charge in [0.05, 0.1) is 17.6 Å². The Kier molecular flexibility index (Phi) is 10.2. The van der Waals surface area contributed by atoms with Crippen LogP contribution in [0.15, 0.2) is 65.2 Å². The quantitative estimate of drug-likeness (QED) is 0.152. The Bertz CT molecular complexity index is 1900. The van der Waals surface area contributed by atoms with Crippen molar-refractivity contribution < 1.29 is 32.7 Å². The summed E-state index contributed by atoms with van der Waals surface area (Å²) in [4.78, 5) is 26.6. The van der Waals surface area contributed by atoms with Gasteiger partial charge >= 0.3 is 5.97 Å². The Labute approximate surface area is 296 Å². The number of carboxylic acid groups (broad SMARTS) is 1. The van der Waals surface area contributed by atoms with Crippen LogP contribution in [0.4, 0.5) is 14.5 Å². The number of nitrogens with one attached hydrogen (secondary N) is 1. The van der Waals surface area contributed by atoms with Crippen LogP contribution in [0, 0.1) is 17.6 Å². The van der Waals surface area contributed by atoms with Crippen molar-refractivity contribution in [3.63, 3.8) is 0 Å². The molecule has 8 rings (SSSR count). The number of rotatable bonds is 7. The van der Waals surface area contributed by atoms with E-state index in [1.54, 1.807) is 0 Å². The van der Waals surface area contributed by atoms with Crippen LogP contribution in [0.25, 0.3) is 22.5 Å². The number of halogens is 2. The molecule has 9 nitrogen and oxygen atoms in total. The maximum atomic E-state index is 13.9. The molecular weight excluding hydrogens is 654 g/mol. The molecule has 3 heterocycles. The van der Waals surface area contributed by atoms with Crippen LogP contribution in [0.5, 0.6) is 0 Å². The van der Waals surface area contributed by atoms with Crippen molar-refractivity contribution in [3.8, 4) is 22.5 Å². The Balaban J connectivity index is 0.000000169. The highest BCUT2D eigenvalue weighted by Gasteiger charge is 2.38.